The monoisotopic (exact) mass is 374 g/mol. The summed E-state index contributed by atoms with van der Waals surface area (Å²) in [5.41, 5.74) is 4.73. The highest BCUT2D eigenvalue weighted by molar-refractivity contribution is 5.92. The van der Waals surface area contributed by atoms with E-state index in [2.05, 4.69) is 10.2 Å². The van der Waals surface area contributed by atoms with E-state index in [0.29, 0.717) is 29.1 Å². The highest BCUT2D eigenvalue weighted by atomic mass is 16.2. The molecule has 0 unspecified atom stereocenters. The summed E-state index contributed by atoms with van der Waals surface area (Å²) in [5.74, 6) is -0.203. The van der Waals surface area contributed by atoms with Crippen LogP contribution in [-0.2, 0) is 20.1 Å². The van der Waals surface area contributed by atoms with Crippen LogP contribution < -0.4 is 5.56 Å². The van der Waals surface area contributed by atoms with Gasteiger partial charge in [0.2, 0.25) is 0 Å². The van der Waals surface area contributed by atoms with Crippen LogP contribution in [0.25, 0.3) is 16.8 Å². The summed E-state index contributed by atoms with van der Waals surface area (Å²) in [6.07, 6.45) is 1.72. The van der Waals surface area contributed by atoms with Gasteiger partial charge in [-0.2, -0.15) is 5.10 Å². The molecule has 4 aromatic rings. The minimum Gasteiger partial charge on any atom is -0.327 e. The van der Waals surface area contributed by atoms with Crippen molar-refractivity contribution in [2.45, 2.75) is 20.0 Å². The van der Waals surface area contributed by atoms with Crippen LogP contribution in [0.2, 0.25) is 0 Å². The third kappa shape index (κ3) is 2.38. The first-order valence-electron chi connectivity index (χ1n) is 9.00. The molecule has 0 fully saturated rings. The molecule has 1 N–H and O–H groups in total. The van der Waals surface area contributed by atoms with Crippen molar-refractivity contribution in [3.63, 3.8) is 0 Å². The van der Waals surface area contributed by atoms with Crippen molar-refractivity contribution < 1.29 is 4.79 Å². The number of aryl methyl sites for hydroxylation is 2. The Kier molecular flexibility index (Phi) is 3.48. The average Bonchev–Trinajstić information content (AvgIpc) is 3.39. The molecule has 0 aliphatic carbocycles. The number of aromatic nitrogens is 5. The number of carbonyl (C=O) groups is 1. The number of fused-ring (bicyclic) bond motifs is 2. The summed E-state index contributed by atoms with van der Waals surface area (Å²) < 4.78 is 3.06. The number of nitrogens with one attached hydrogen (secondary N) is 1. The molecule has 0 radical (unpaired) electrons. The lowest BCUT2D eigenvalue weighted by Crippen LogP contribution is -2.27. The number of hydrogen-bond acceptors (Lipinski definition) is 4. The highest BCUT2D eigenvalue weighted by Gasteiger charge is 2.30. The Hall–Kier alpha value is -3.68. The number of nitrogens with zero attached hydrogens (tertiary/aromatic N) is 5. The molecule has 0 saturated carbocycles. The van der Waals surface area contributed by atoms with Gasteiger partial charge in [0, 0.05) is 24.5 Å². The molecule has 1 aromatic carbocycles. The molecule has 1 aliphatic rings. The molecule has 28 heavy (non-hydrogen) atoms. The van der Waals surface area contributed by atoms with Crippen LogP contribution in [0.3, 0.4) is 0 Å². The summed E-state index contributed by atoms with van der Waals surface area (Å²) in [7, 11) is 1.76. The quantitative estimate of drug-likeness (QED) is 0.580. The summed E-state index contributed by atoms with van der Waals surface area (Å²) >= 11 is 0. The standard InChI is InChI=1S/C20H18N6O2/c1-12-17(13-6-4-3-5-7-13)18-21-16-11-25(10-14(16)19(27)26(18)22-12)20(28)15-8-9-24(2)23-15/h3-9,22H,10-11H2,1-2H3. The summed E-state index contributed by atoms with van der Waals surface area (Å²) in [6.45, 7) is 2.46. The molecule has 8 heteroatoms. The zero-order valence-electron chi connectivity index (χ0n) is 15.5. The molecule has 8 nitrogen and oxygen atoms in total. The van der Waals surface area contributed by atoms with E-state index in [1.165, 1.54) is 4.52 Å². The lowest BCUT2D eigenvalue weighted by Gasteiger charge is -2.12. The van der Waals surface area contributed by atoms with E-state index in [1.807, 2.05) is 37.3 Å². The Balaban J connectivity index is 1.60. The largest absolute Gasteiger partial charge is 0.327 e. The van der Waals surface area contributed by atoms with Crippen LogP contribution >= 0.6 is 0 Å². The number of aromatic amines is 1. The predicted molar refractivity (Wildman–Crippen MR) is 103 cm³/mol. The molecule has 140 valence electrons. The number of hydrogen-bond donors (Lipinski definition) is 1. The molecule has 0 saturated heterocycles. The number of amides is 1. The zero-order chi connectivity index (χ0) is 19.4. The van der Waals surface area contributed by atoms with Crippen LogP contribution in [0.4, 0.5) is 0 Å². The minimum absolute atomic E-state index is 0.165. The zero-order valence-corrected chi connectivity index (χ0v) is 15.5. The molecule has 1 aliphatic heterocycles. The second kappa shape index (κ2) is 5.91. The summed E-state index contributed by atoms with van der Waals surface area (Å²) in [5, 5.41) is 7.29. The van der Waals surface area contributed by atoms with Crippen molar-refractivity contribution in [2.24, 2.45) is 7.05 Å². The van der Waals surface area contributed by atoms with E-state index in [-0.39, 0.29) is 18.0 Å². The van der Waals surface area contributed by atoms with Gasteiger partial charge in [0.25, 0.3) is 11.5 Å². The normalized spacial score (nSPS) is 13.3. The van der Waals surface area contributed by atoms with E-state index < -0.39 is 0 Å². The Bertz CT molecular complexity index is 1280. The first kappa shape index (κ1) is 16.5. The fourth-order valence-electron chi connectivity index (χ4n) is 3.77. The smallest absolute Gasteiger partial charge is 0.278 e. The van der Waals surface area contributed by atoms with Crippen molar-refractivity contribution in [2.75, 3.05) is 0 Å². The minimum atomic E-state index is -0.203. The van der Waals surface area contributed by atoms with E-state index in [9.17, 15) is 9.59 Å². The maximum Gasteiger partial charge on any atom is 0.278 e. The first-order chi connectivity index (χ1) is 13.5. The Morgan fingerprint density at radius 2 is 1.93 bits per heavy atom. The van der Waals surface area contributed by atoms with E-state index >= 15 is 0 Å². The molecule has 0 bridgehead atoms. The van der Waals surface area contributed by atoms with Gasteiger partial charge in [-0.1, -0.05) is 30.3 Å². The van der Waals surface area contributed by atoms with Gasteiger partial charge in [-0.3, -0.25) is 19.4 Å². The molecule has 4 heterocycles. The number of rotatable bonds is 2. The fourth-order valence-corrected chi connectivity index (χ4v) is 3.77. The van der Waals surface area contributed by atoms with Crippen LogP contribution in [-0.4, -0.2) is 35.2 Å². The van der Waals surface area contributed by atoms with Gasteiger partial charge in [0.1, 0.15) is 5.69 Å². The highest BCUT2D eigenvalue weighted by Crippen LogP contribution is 2.28. The van der Waals surface area contributed by atoms with Crippen molar-refractivity contribution in [1.29, 1.82) is 0 Å². The third-order valence-corrected chi connectivity index (χ3v) is 5.11. The SMILES string of the molecule is Cc1[nH]n2c(=O)c3c(nc2c1-c1ccccc1)CN(C(=O)c1ccn(C)n1)C3. The summed E-state index contributed by atoms with van der Waals surface area (Å²) in [6, 6.07) is 11.5. The first-order valence-corrected chi connectivity index (χ1v) is 9.00. The Labute approximate surface area is 160 Å². The van der Waals surface area contributed by atoms with Gasteiger partial charge >= 0.3 is 0 Å². The molecule has 0 atom stereocenters. The van der Waals surface area contributed by atoms with E-state index in [4.69, 9.17) is 4.98 Å². The molecule has 1 amide bonds. The fraction of sp³-hybridized carbons (Fsp3) is 0.200. The van der Waals surface area contributed by atoms with Crippen LogP contribution in [0.15, 0.2) is 47.4 Å². The van der Waals surface area contributed by atoms with Gasteiger partial charge in [0.05, 0.1) is 24.3 Å². The second-order valence-corrected chi connectivity index (χ2v) is 7.01. The van der Waals surface area contributed by atoms with E-state index in [1.54, 1.807) is 28.9 Å². The third-order valence-electron chi connectivity index (χ3n) is 5.11. The Morgan fingerprint density at radius 1 is 1.14 bits per heavy atom. The van der Waals surface area contributed by atoms with Crippen molar-refractivity contribution in [1.82, 2.24) is 29.3 Å². The number of benzene rings is 1. The van der Waals surface area contributed by atoms with Crippen molar-refractivity contribution in [3.05, 3.63) is 75.6 Å². The molecule has 0 spiro atoms. The maximum atomic E-state index is 13.1. The topological polar surface area (TPSA) is 88.3 Å². The summed E-state index contributed by atoms with van der Waals surface area (Å²) in [4.78, 5) is 32.1. The Morgan fingerprint density at radius 3 is 2.64 bits per heavy atom. The van der Waals surface area contributed by atoms with Gasteiger partial charge in [0.15, 0.2) is 5.65 Å². The van der Waals surface area contributed by atoms with Crippen LogP contribution in [0, 0.1) is 6.92 Å². The number of H-pyrrole nitrogens is 1. The van der Waals surface area contributed by atoms with E-state index in [0.717, 1.165) is 16.8 Å². The van der Waals surface area contributed by atoms with Gasteiger partial charge < -0.3 is 4.90 Å². The maximum absolute atomic E-state index is 13.1. The van der Waals surface area contributed by atoms with Crippen LogP contribution in [0.5, 0.6) is 0 Å². The molecule has 3 aromatic heterocycles. The van der Waals surface area contributed by atoms with Crippen molar-refractivity contribution >= 4 is 11.6 Å². The van der Waals surface area contributed by atoms with Crippen LogP contribution in [0.1, 0.15) is 27.4 Å². The molecule has 5 rings (SSSR count). The second-order valence-electron chi connectivity index (χ2n) is 7.01. The van der Waals surface area contributed by atoms with Gasteiger partial charge in [-0.05, 0) is 18.6 Å². The lowest BCUT2D eigenvalue weighted by molar-refractivity contribution is 0.0743. The molecular formula is C20H18N6O2. The lowest BCUT2D eigenvalue weighted by atomic mass is 10.1. The van der Waals surface area contributed by atoms with Gasteiger partial charge in [-0.15, -0.1) is 0 Å². The van der Waals surface area contributed by atoms with Crippen molar-refractivity contribution in [3.8, 4) is 11.1 Å². The predicted octanol–water partition coefficient (Wildman–Crippen LogP) is 1.89. The van der Waals surface area contributed by atoms with Gasteiger partial charge in [-0.25, -0.2) is 9.50 Å². The molecular weight excluding hydrogens is 356 g/mol. The number of carbonyl (C=O) groups excluding carboxylic acids is 1. The average molecular weight is 374 g/mol.